The van der Waals surface area contributed by atoms with E-state index in [1.165, 1.54) is 21.3 Å². The number of sulfonamides is 1. The topological polar surface area (TPSA) is 73.1 Å². The number of hydrogen-bond donors (Lipinski definition) is 1. The van der Waals surface area contributed by atoms with E-state index in [2.05, 4.69) is 10.6 Å². The minimum absolute atomic E-state index is 0.0716. The first kappa shape index (κ1) is 15.9. The number of nitrogens with zero attached hydrogens (tertiary/aromatic N) is 2. The Kier molecular flexibility index (Phi) is 3.70. The molecule has 0 aliphatic rings. The number of anilines is 1. The molecule has 0 amide bonds. The van der Waals surface area contributed by atoms with Gasteiger partial charge >= 0.3 is 5.69 Å². The number of nitrogens with one attached hydrogen (secondary N) is 1. The van der Waals surface area contributed by atoms with Gasteiger partial charge in [0, 0.05) is 19.7 Å². The molecule has 0 unspecified atom stereocenters. The van der Waals surface area contributed by atoms with Crippen LogP contribution in [-0.4, -0.2) is 17.6 Å². The SMILES string of the molecule is C#Cc1cccc(NS(=O)(=O)c2ccc3c(c2)n(C)c(=O)n3C)c1. The smallest absolute Gasteiger partial charge is 0.295 e. The van der Waals surface area contributed by atoms with Crippen molar-refractivity contribution in [1.29, 1.82) is 0 Å². The fourth-order valence-electron chi connectivity index (χ4n) is 2.54. The molecule has 1 heterocycles. The molecule has 24 heavy (non-hydrogen) atoms. The zero-order valence-electron chi connectivity index (χ0n) is 13.1. The van der Waals surface area contributed by atoms with Crippen LogP contribution in [0.15, 0.2) is 52.2 Å². The van der Waals surface area contributed by atoms with Gasteiger partial charge in [0.25, 0.3) is 10.0 Å². The van der Waals surface area contributed by atoms with Crippen molar-refractivity contribution in [3.05, 3.63) is 58.5 Å². The van der Waals surface area contributed by atoms with Crippen molar-refractivity contribution in [2.75, 3.05) is 4.72 Å². The lowest BCUT2D eigenvalue weighted by Gasteiger charge is -2.09. The maximum Gasteiger partial charge on any atom is 0.328 e. The Balaban J connectivity index is 2.07. The van der Waals surface area contributed by atoms with Crippen molar-refractivity contribution in [1.82, 2.24) is 9.13 Å². The Morgan fingerprint density at radius 3 is 2.46 bits per heavy atom. The van der Waals surface area contributed by atoms with Gasteiger partial charge in [0.15, 0.2) is 0 Å². The maximum absolute atomic E-state index is 12.6. The van der Waals surface area contributed by atoms with Gasteiger partial charge in [-0.2, -0.15) is 0 Å². The second-order valence-electron chi connectivity index (χ2n) is 5.38. The number of rotatable bonds is 3. The highest BCUT2D eigenvalue weighted by Gasteiger charge is 2.17. The highest BCUT2D eigenvalue weighted by atomic mass is 32.2. The summed E-state index contributed by atoms with van der Waals surface area (Å²) in [6, 6.07) is 11.1. The minimum atomic E-state index is -3.79. The molecule has 1 N–H and O–H groups in total. The molecule has 0 bridgehead atoms. The summed E-state index contributed by atoms with van der Waals surface area (Å²) in [5.74, 6) is 2.46. The van der Waals surface area contributed by atoms with Crippen LogP contribution in [0, 0.1) is 12.3 Å². The van der Waals surface area contributed by atoms with Crippen molar-refractivity contribution in [2.24, 2.45) is 14.1 Å². The van der Waals surface area contributed by atoms with Crippen LogP contribution in [0.3, 0.4) is 0 Å². The summed E-state index contributed by atoms with van der Waals surface area (Å²) in [4.78, 5) is 12.0. The fraction of sp³-hybridized carbons (Fsp3) is 0.118. The molecular formula is C17H15N3O3S. The molecule has 2 aromatic carbocycles. The quantitative estimate of drug-likeness (QED) is 0.737. The van der Waals surface area contributed by atoms with Gasteiger partial charge in [-0.1, -0.05) is 12.0 Å². The minimum Gasteiger partial charge on any atom is -0.295 e. The summed E-state index contributed by atoms with van der Waals surface area (Å²) in [6.07, 6.45) is 5.33. The van der Waals surface area contributed by atoms with E-state index in [0.717, 1.165) is 0 Å². The zero-order chi connectivity index (χ0) is 17.5. The highest BCUT2D eigenvalue weighted by molar-refractivity contribution is 7.92. The van der Waals surface area contributed by atoms with E-state index in [1.807, 2.05) is 0 Å². The molecule has 0 radical (unpaired) electrons. The number of aromatic nitrogens is 2. The number of benzene rings is 2. The Hall–Kier alpha value is -2.98. The van der Waals surface area contributed by atoms with Crippen molar-refractivity contribution in [2.45, 2.75) is 4.90 Å². The predicted octanol–water partition coefficient (Wildman–Crippen LogP) is 1.66. The molecule has 0 fully saturated rings. The summed E-state index contributed by atoms with van der Waals surface area (Å²) in [7, 11) is -0.550. The molecule has 0 spiro atoms. The Labute approximate surface area is 139 Å². The number of terminal acetylenes is 1. The average Bonchev–Trinajstić information content (AvgIpc) is 2.79. The van der Waals surface area contributed by atoms with E-state index >= 15 is 0 Å². The van der Waals surface area contributed by atoms with Crippen LogP contribution < -0.4 is 10.4 Å². The van der Waals surface area contributed by atoms with Crippen LogP contribution >= 0.6 is 0 Å². The number of hydrogen-bond acceptors (Lipinski definition) is 3. The standard InChI is InChI=1S/C17H15N3O3S/c1-4-12-6-5-7-13(10-12)18-24(22,23)14-8-9-15-16(11-14)20(3)17(21)19(15)2/h1,5-11,18H,2-3H3. The molecule has 0 saturated heterocycles. The highest BCUT2D eigenvalue weighted by Crippen LogP contribution is 2.21. The third-order valence-electron chi connectivity index (χ3n) is 3.84. The van der Waals surface area contributed by atoms with Crippen LogP contribution in [0.2, 0.25) is 0 Å². The van der Waals surface area contributed by atoms with E-state index in [4.69, 9.17) is 6.42 Å². The third-order valence-corrected chi connectivity index (χ3v) is 5.21. The van der Waals surface area contributed by atoms with Crippen molar-refractivity contribution in [3.63, 3.8) is 0 Å². The summed E-state index contributed by atoms with van der Waals surface area (Å²) in [6.45, 7) is 0. The predicted molar refractivity (Wildman–Crippen MR) is 93.3 cm³/mol. The lowest BCUT2D eigenvalue weighted by molar-refractivity contribution is 0.601. The van der Waals surface area contributed by atoms with Crippen molar-refractivity contribution in [3.8, 4) is 12.3 Å². The number of aryl methyl sites for hydroxylation is 2. The Morgan fingerprint density at radius 1 is 1.04 bits per heavy atom. The summed E-state index contributed by atoms with van der Waals surface area (Å²) in [5, 5.41) is 0. The summed E-state index contributed by atoms with van der Waals surface area (Å²) < 4.78 is 30.6. The molecule has 0 saturated carbocycles. The number of imidazole rings is 1. The van der Waals surface area contributed by atoms with Crippen LogP contribution in [0.4, 0.5) is 5.69 Å². The van der Waals surface area contributed by atoms with Gasteiger partial charge in [0.1, 0.15) is 0 Å². The van der Waals surface area contributed by atoms with E-state index in [-0.39, 0.29) is 10.6 Å². The second-order valence-corrected chi connectivity index (χ2v) is 7.06. The van der Waals surface area contributed by atoms with E-state index in [9.17, 15) is 13.2 Å². The second kappa shape index (κ2) is 5.58. The van der Waals surface area contributed by atoms with Crippen LogP contribution in [-0.2, 0) is 24.1 Å². The molecule has 0 aliphatic heterocycles. The van der Waals surface area contributed by atoms with Gasteiger partial charge in [-0.05, 0) is 36.4 Å². The van der Waals surface area contributed by atoms with Crippen molar-refractivity contribution < 1.29 is 8.42 Å². The first-order valence-electron chi connectivity index (χ1n) is 7.08. The monoisotopic (exact) mass is 341 g/mol. The average molecular weight is 341 g/mol. The zero-order valence-corrected chi connectivity index (χ0v) is 14.0. The lowest BCUT2D eigenvalue weighted by Crippen LogP contribution is -2.19. The van der Waals surface area contributed by atoms with E-state index in [1.54, 1.807) is 44.4 Å². The fourth-order valence-corrected chi connectivity index (χ4v) is 3.61. The number of fused-ring (bicyclic) bond motifs is 1. The summed E-state index contributed by atoms with van der Waals surface area (Å²) >= 11 is 0. The van der Waals surface area contributed by atoms with Gasteiger partial charge in [0.2, 0.25) is 0 Å². The van der Waals surface area contributed by atoms with Crippen LogP contribution in [0.5, 0.6) is 0 Å². The lowest BCUT2D eigenvalue weighted by atomic mass is 10.2. The van der Waals surface area contributed by atoms with Gasteiger partial charge in [-0.25, -0.2) is 13.2 Å². The molecular weight excluding hydrogens is 326 g/mol. The Bertz CT molecular complexity index is 1150. The molecule has 7 heteroatoms. The third kappa shape index (κ3) is 2.57. The van der Waals surface area contributed by atoms with Crippen LogP contribution in [0.25, 0.3) is 11.0 Å². The largest absolute Gasteiger partial charge is 0.328 e. The van der Waals surface area contributed by atoms with Gasteiger partial charge < -0.3 is 0 Å². The molecule has 6 nitrogen and oxygen atoms in total. The maximum atomic E-state index is 12.6. The van der Waals surface area contributed by atoms with Gasteiger partial charge in [-0.15, -0.1) is 6.42 Å². The molecule has 122 valence electrons. The van der Waals surface area contributed by atoms with Gasteiger partial charge in [-0.3, -0.25) is 13.9 Å². The molecule has 3 aromatic rings. The van der Waals surface area contributed by atoms with Crippen molar-refractivity contribution >= 4 is 26.7 Å². The first-order chi connectivity index (χ1) is 11.3. The first-order valence-corrected chi connectivity index (χ1v) is 8.57. The molecule has 0 aliphatic carbocycles. The van der Waals surface area contributed by atoms with E-state index < -0.39 is 10.0 Å². The normalized spacial score (nSPS) is 11.4. The Morgan fingerprint density at radius 2 is 1.75 bits per heavy atom. The van der Waals surface area contributed by atoms with Gasteiger partial charge in [0.05, 0.1) is 21.6 Å². The summed E-state index contributed by atoms with van der Waals surface area (Å²) in [5.41, 5.74) is 1.95. The molecule has 0 atom stereocenters. The molecule has 1 aromatic heterocycles. The van der Waals surface area contributed by atoms with E-state index in [0.29, 0.717) is 22.3 Å². The molecule has 3 rings (SSSR count). The van der Waals surface area contributed by atoms with Crippen LogP contribution in [0.1, 0.15) is 5.56 Å².